The summed E-state index contributed by atoms with van der Waals surface area (Å²) in [5.74, 6) is 0.359. The average Bonchev–Trinajstić information content (AvgIpc) is 2.38. The fourth-order valence-electron chi connectivity index (χ4n) is 1.47. The Morgan fingerprint density at radius 2 is 2.05 bits per heavy atom. The van der Waals surface area contributed by atoms with E-state index in [-0.39, 0.29) is 30.2 Å². The van der Waals surface area contributed by atoms with Gasteiger partial charge in [-0.25, -0.2) is 4.39 Å². The van der Waals surface area contributed by atoms with Gasteiger partial charge in [0, 0.05) is 19.0 Å². The van der Waals surface area contributed by atoms with E-state index in [1.54, 1.807) is 12.1 Å². The van der Waals surface area contributed by atoms with E-state index < -0.39 is 0 Å². The topological polar surface area (TPSA) is 64.4 Å². The van der Waals surface area contributed by atoms with Gasteiger partial charge in [-0.3, -0.25) is 4.79 Å². The molecule has 0 fully saturated rings. The van der Waals surface area contributed by atoms with E-state index in [0.29, 0.717) is 38.2 Å². The molecule has 0 saturated carbocycles. The van der Waals surface area contributed by atoms with Crippen molar-refractivity contribution in [2.75, 3.05) is 13.2 Å². The Labute approximate surface area is 125 Å². The van der Waals surface area contributed by atoms with Crippen LogP contribution in [0.2, 0.25) is 0 Å². The lowest BCUT2D eigenvalue weighted by atomic mass is 10.2. The molecule has 1 aromatic rings. The highest BCUT2D eigenvalue weighted by Gasteiger charge is 2.02. The number of nitrogens with two attached hydrogens (primary N) is 1. The van der Waals surface area contributed by atoms with Crippen molar-refractivity contribution in [3.8, 4) is 5.75 Å². The van der Waals surface area contributed by atoms with Crippen LogP contribution in [-0.2, 0) is 4.79 Å². The minimum atomic E-state index is -0.284. The van der Waals surface area contributed by atoms with Gasteiger partial charge in [-0.2, -0.15) is 0 Å². The first kappa shape index (κ1) is 18.7. The van der Waals surface area contributed by atoms with E-state index in [1.807, 2.05) is 6.92 Å². The Balaban J connectivity index is 0.00000361. The lowest BCUT2D eigenvalue weighted by molar-refractivity contribution is -0.121. The van der Waals surface area contributed by atoms with Crippen LogP contribution < -0.4 is 15.8 Å². The molecule has 0 saturated heterocycles. The molecule has 0 aliphatic rings. The van der Waals surface area contributed by atoms with Gasteiger partial charge in [-0.05, 0) is 44.0 Å². The second-order valence-corrected chi connectivity index (χ2v) is 4.52. The summed E-state index contributed by atoms with van der Waals surface area (Å²) in [5.41, 5.74) is 5.57. The Morgan fingerprint density at radius 3 is 2.65 bits per heavy atom. The number of nitrogens with one attached hydrogen (secondary N) is 1. The smallest absolute Gasteiger partial charge is 0.220 e. The molecule has 0 heterocycles. The zero-order chi connectivity index (χ0) is 14.1. The van der Waals surface area contributed by atoms with Crippen molar-refractivity contribution in [1.29, 1.82) is 0 Å². The molecule has 3 N–H and O–H groups in total. The maximum absolute atomic E-state index is 12.6. The van der Waals surface area contributed by atoms with Crippen LogP contribution in [0.5, 0.6) is 5.75 Å². The molecule has 0 radical (unpaired) electrons. The molecular formula is C14H22ClFN2O2. The van der Waals surface area contributed by atoms with E-state index in [2.05, 4.69) is 5.32 Å². The summed E-state index contributed by atoms with van der Waals surface area (Å²) < 4.78 is 18.0. The summed E-state index contributed by atoms with van der Waals surface area (Å²) in [7, 11) is 0. The summed E-state index contributed by atoms with van der Waals surface area (Å²) in [4.78, 5) is 11.4. The van der Waals surface area contributed by atoms with Crippen LogP contribution in [0.25, 0.3) is 0 Å². The first-order valence-corrected chi connectivity index (χ1v) is 6.48. The van der Waals surface area contributed by atoms with Crippen LogP contribution in [0.4, 0.5) is 4.39 Å². The maximum atomic E-state index is 12.6. The van der Waals surface area contributed by atoms with E-state index in [0.717, 1.165) is 0 Å². The number of hydrogen-bond donors (Lipinski definition) is 2. The van der Waals surface area contributed by atoms with Crippen molar-refractivity contribution >= 4 is 18.3 Å². The average molecular weight is 305 g/mol. The normalized spacial score (nSPS) is 11.3. The number of amides is 1. The molecule has 0 aliphatic carbocycles. The van der Waals surface area contributed by atoms with Crippen LogP contribution >= 0.6 is 12.4 Å². The highest BCUT2D eigenvalue weighted by molar-refractivity contribution is 5.85. The Kier molecular flexibility index (Phi) is 9.76. The van der Waals surface area contributed by atoms with Crippen LogP contribution in [0.3, 0.4) is 0 Å². The van der Waals surface area contributed by atoms with Gasteiger partial charge in [0.15, 0.2) is 0 Å². The molecule has 1 rings (SSSR count). The number of rotatable bonds is 8. The fraction of sp³-hybridized carbons (Fsp3) is 0.500. The third-order valence-corrected chi connectivity index (χ3v) is 2.55. The van der Waals surface area contributed by atoms with Gasteiger partial charge in [0.2, 0.25) is 5.91 Å². The monoisotopic (exact) mass is 304 g/mol. The van der Waals surface area contributed by atoms with Crippen LogP contribution in [0, 0.1) is 5.82 Å². The van der Waals surface area contributed by atoms with Crippen LogP contribution in [0.1, 0.15) is 26.2 Å². The third-order valence-electron chi connectivity index (χ3n) is 2.55. The SMILES string of the molecule is CC(N)CCC(=O)NCCCOc1ccc(F)cc1.Cl. The number of ether oxygens (including phenoxy) is 1. The molecule has 1 amide bonds. The first-order valence-electron chi connectivity index (χ1n) is 6.48. The summed E-state index contributed by atoms with van der Waals surface area (Å²) in [5, 5.41) is 2.80. The molecule has 20 heavy (non-hydrogen) atoms. The first-order chi connectivity index (χ1) is 9.08. The van der Waals surface area contributed by atoms with Gasteiger partial charge in [0.05, 0.1) is 6.61 Å². The van der Waals surface area contributed by atoms with Gasteiger partial charge in [0.25, 0.3) is 0 Å². The van der Waals surface area contributed by atoms with Crippen molar-refractivity contribution in [3.05, 3.63) is 30.1 Å². The highest BCUT2D eigenvalue weighted by Crippen LogP contribution is 2.10. The van der Waals surface area contributed by atoms with Crippen molar-refractivity contribution < 1.29 is 13.9 Å². The molecule has 1 unspecified atom stereocenters. The van der Waals surface area contributed by atoms with Gasteiger partial charge in [-0.15, -0.1) is 12.4 Å². The molecule has 114 valence electrons. The van der Waals surface area contributed by atoms with Crippen molar-refractivity contribution in [2.24, 2.45) is 5.73 Å². The Morgan fingerprint density at radius 1 is 1.40 bits per heavy atom. The quantitative estimate of drug-likeness (QED) is 0.724. The van der Waals surface area contributed by atoms with Crippen molar-refractivity contribution in [1.82, 2.24) is 5.32 Å². The largest absolute Gasteiger partial charge is 0.494 e. The van der Waals surface area contributed by atoms with Gasteiger partial charge < -0.3 is 15.8 Å². The molecule has 6 heteroatoms. The summed E-state index contributed by atoms with van der Waals surface area (Å²) in [6, 6.07) is 5.91. The molecule has 0 spiro atoms. The summed E-state index contributed by atoms with van der Waals surface area (Å²) >= 11 is 0. The Hall–Kier alpha value is -1.33. The molecule has 4 nitrogen and oxygen atoms in total. The van der Waals surface area contributed by atoms with Gasteiger partial charge in [-0.1, -0.05) is 0 Å². The maximum Gasteiger partial charge on any atom is 0.220 e. The van der Waals surface area contributed by atoms with Gasteiger partial charge >= 0.3 is 0 Å². The van der Waals surface area contributed by atoms with E-state index in [9.17, 15) is 9.18 Å². The Bertz CT molecular complexity index is 385. The summed E-state index contributed by atoms with van der Waals surface area (Å²) in [6.45, 7) is 2.93. The minimum Gasteiger partial charge on any atom is -0.494 e. The standard InChI is InChI=1S/C14H21FN2O2.ClH/c1-11(16)3-8-14(18)17-9-2-10-19-13-6-4-12(15)5-7-13;/h4-7,11H,2-3,8-10,16H2,1H3,(H,17,18);1H. The van der Waals surface area contributed by atoms with Crippen LogP contribution in [0.15, 0.2) is 24.3 Å². The van der Waals surface area contributed by atoms with E-state index in [4.69, 9.17) is 10.5 Å². The molecule has 0 bridgehead atoms. The zero-order valence-corrected chi connectivity index (χ0v) is 12.4. The minimum absolute atomic E-state index is 0. The van der Waals surface area contributed by atoms with Gasteiger partial charge in [0.1, 0.15) is 11.6 Å². The lowest BCUT2D eigenvalue weighted by Gasteiger charge is -2.08. The second kappa shape index (κ2) is 10.5. The van der Waals surface area contributed by atoms with E-state index >= 15 is 0 Å². The summed E-state index contributed by atoms with van der Waals surface area (Å²) in [6.07, 6.45) is 1.86. The van der Waals surface area contributed by atoms with Crippen molar-refractivity contribution in [3.63, 3.8) is 0 Å². The second-order valence-electron chi connectivity index (χ2n) is 4.52. The van der Waals surface area contributed by atoms with Crippen LogP contribution in [-0.4, -0.2) is 25.1 Å². The molecular weight excluding hydrogens is 283 g/mol. The van der Waals surface area contributed by atoms with Crippen molar-refractivity contribution in [2.45, 2.75) is 32.2 Å². The third kappa shape index (κ3) is 8.72. The highest BCUT2D eigenvalue weighted by atomic mass is 35.5. The number of carbonyl (C=O) groups excluding carboxylic acids is 1. The number of halogens is 2. The zero-order valence-electron chi connectivity index (χ0n) is 11.6. The predicted octanol–water partition coefficient (Wildman–Crippen LogP) is 2.26. The lowest BCUT2D eigenvalue weighted by Crippen LogP contribution is -2.27. The molecule has 1 aromatic carbocycles. The fourth-order valence-corrected chi connectivity index (χ4v) is 1.47. The molecule has 0 aliphatic heterocycles. The predicted molar refractivity (Wildman–Crippen MR) is 79.7 cm³/mol. The van der Waals surface area contributed by atoms with E-state index in [1.165, 1.54) is 12.1 Å². The number of benzene rings is 1. The molecule has 1 atom stereocenters. The molecule has 0 aromatic heterocycles. The number of hydrogen-bond acceptors (Lipinski definition) is 3. The number of carbonyl (C=O) groups is 1.